The van der Waals surface area contributed by atoms with Crippen LogP contribution in [0.2, 0.25) is 0 Å². The van der Waals surface area contributed by atoms with Crippen molar-refractivity contribution in [3.63, 3.8) is 0 Å². The maximum Gasteiger partial charge on any atom is 0.306 e. The molecule has 3 rings (SSSR count). The van der Waals surface area contributed by atoms with Gasteiger partial charge in [0.1, 0.15) is 0 Å². The number of ether oxygens (including phenoxy) is 1. The first-order chi connectivity index (χ1) is 12.7. The van der Waals surface area contributed by atoms with Gasteiger partial charge in [0.25, 0.3) is 0 Å². The molecule has 0 saturated heterocycles. The van der Waals surface area contributed by atoms with Crippen molar-refractivity contribution in [2.75, 3.05) is 6.61 Å². The predicted octanol–water partition coefficient (Wildman–Crippen LogP) is 6.20. The van der Waals surface area contributed by atoms with Gasteiger partial charge in [-0.05, 0) is 64.8 Å². The first-order valence-corrected chi connectivity index (χ1v) is 10.1. The maximum absolute atomic E-state index is 11.5. The first-order valence-electron chi connectivity index (χ1n) is 10.1. The lowest BCUT2D eigenvalue weighted by Gasteiger charge is -2.42. The molecule has 2 nitrogen and oxygen atoms in total. The minimum Gasteiger partial charge on any atom is -0.466 e. The molecule has 27 heavy (non-hydrogen) atoms. The summed E-state index contributed by atoms with van der Waals surface area (Å²) in [6.07, 6.45) is 3.63. The molecule has 144 valence electrons. The third-order valence-corrected chi connectivity index (χ3v) is 6.06. The van der Waals surface area contributed by atoms with E-state index in [2.05, 4.69) is 70.2 Å². The SMILES string of the molecule is CCOC(=O)CCc1ccc(-c2ccc3c(c2)C(C)(C)CCC3(C)C)cc1. The summed E-state index contributed by atoms with van der Waals surface area (Å²) in [4.78, 5) is 11.5. The Kier molecular flexibility index (Phi) is 5.46. The lowest BCUT2D eigenvalue weighted by molar-refractivity contribution is -0.143. The number of carbonyl (C=O) groups excluding carboxylic acids is 1. The van der Waals surface area contributed by atoms with Gasteiger partial charge in [-0.1, -0.05) is 70.2 Å². The zero-order valence-electron chi connectivity index (χ0n) is 17.4. The largest absolute Gasteiger partial charge is 0.466 e. The van der Waals surface area contributed by atoms with E-state index < -0.39 is 0 Å². The van der Waals surface area contributed by atoms with Crippen LogP contribution in [-0.4, -0.2) is 12.6 Å². The first kappa shape index (κ1) is 19.7. The summed E-state index contributed by atoms with van der Waals surface area (Å²) in [7, 11) is 0. The second-order valence-corrected chi connectivity index (χ2v) is 9.03. The molecule has 0 atom stereocenters. The Labute approximate surface area is 164 Å². The van der Waals surface area contributed by atoms with Crippen molar-refractivity contribution in [2.45, 2.75) is 71.1 Å². The standard InChI is InChI=1S/C25H32O2/c1-6-27-23(26)14-9-18-7-10-19(11-8-18)20-12-13-21-22(17-20)25(4,5)16-15-24(21,2)3/h7-8,10-13,17H,6,9,14-16H2,1-5H3. The van der Waals surface area contributed by atoms with E-state index >= 15 is 0 Å². The van der Waals surface area contributed by atoms with Gasteiger partial charge in [0, 0.05) is 6.42 Å². The predicted molar refractivity (Wildman–Crippen MR) is 112 cm³/mol. The zero-order valence-corrected chi connectivity index (χ0v) is 17.4. The van der Waals surface area contributed by atoms with Gasteiger partial charge in [0.05, 0.1) is 6.61 Å². The van der Waals surface area contributed by atoms with Gasteiger partial charge in [-0.15, -0.1) is 0 Å². The fourth-order valence-corrected chi connectivity index (χ4v) is 4.11. The van der Waals surface area contributed by atoms with Gasteiger partial charge in [-0.2, -0.15) is 0 Å². The van der Waals surface area contributed by atoms with E-state index in [1.807, 2.05) is 6.92 Å². The lowest BCUT2D eigenvalue weighted by Crippen LogP contribution is -2.33. The molecule has 0 amide bonds. The number of benzene rings is 2. The number of esters is 1. The van der Waals surface area contributed by atoms with Crippen LogP contribution in [0.25, 0.3) is 11.1 Å². The van der Waals surface area contributed by atoms with Gasteiger partial charge >= 0.3 is 5.97 Å². The molecule has 2 aromatic carbocycles. The fourth-order valence-electron chi connectivity index (χ4n) is 4.11. The van der Waals surface area contributed by atoms with Crippen molar-refractivity contribution in [1.29, 1.82) is 0 Å². The lowest BCUT2D eigenvalue weighted by atomic mass is 9.63. The summed E-state index contributed by atoms with van der Waals surface area (Å²) in [5.41, 5.74) is 7.14. The van der Waals surface area contributed by atoms with Gasteiger partial charge < -0.3 is 4.74 Å². The average Bonchev–Trinajstić information content (AvgIpc) is 2.64. The summed E-state index contributed by atoms with van der Waals surface area (Å²) in [5.74, 6) is -0.124. The van der Waals surface area contributed by atoms with Gasteiger partial charge in [-0.25, -0.2) is 0 Å². The third-order valence-electron chi connectivity index (χ3n) is 6.06. The molecular formula is C25H32O2. The van der Waals surface area contributed by atoms with Crippen molar-refractivity contribution in [2.24, 2.45) is 0 Å². The number of hydrogen-bond donors (Lipinski definition) is 0. The molecule has 0 unspecified atom stereocenters. The van der Waals surface area contributed by atoms with Crippen LogP contribution in [0.15, 0.2) is 42.5 Å². The highest BCUT2D eigenvalue weighted by Crippen LogP contribution is 2.46. The summed E-state index contributed by atoms with van der Waals surface area (Å²) in [5, 5.41) is 0. The van der Waals surface area contributed by atoms with Crippen LogP contribution in [0.5, 0.6) is 0 Å². The number of aryl methyl sites for hydroxylation is 1. The summed E-state index contributed by atoms with van der Waals surface area (Å²) < 4.78 is 5.01. The molecule has 2 aromatic rings. The Morgan fingerprint density at radius 3 is 2.11 bits per heavy atom. The number of rotatable bonds is 5. The van der Waals surface area contributed by atoms with Crippen LogP contribution >= 0.6 is 0 Å². The van der Waals surface area contributed by atoms with E-state index in [9.17, 15) is 4.79 Å². The van der Waals surface area contributed by atoms with E-state index in [1.165, 1.54) is 40.7 Å². The third kappa shape index (κ3) is 4.26. The van der Waals surface area contributed by atoms with Crippen LogP contribution in [0, 0.1) is 0 Å². The van der Waals surface area contributed by atoms with Crippen molar-refractivity contribution >= 4 is 5.97 Å². The van der Waals surface area contributed by atoms with Crippen LogP contribution < -0.4 is 0 Å². The highest BCUT2D eigenvalue weighted by atomic mass is 16.5. The smallest absolute Gasteiger partial charge is 0.306 e. The van der Waals surface area contributed by atoms with E-state index in [0.29, 0.717) is 13.0 Å². The minimum absolute atomic E-state index is 0.124. The monoisotopic (exact) mass is 364 g/mol. The number of fused-ring (bicyclic) bond motifs is 1. The Morgan fingerprint density at radius 1 is 0.889 bits per heavy atom. The molecule has 0 radical (unpaired) electrons. The van der Waals surface area contributed by atoms with Gasteiger partial charge in [0.15, 0.2) is 0 Å². The van der Waals surface area contributed by atoms with Crippen molar-refractivity contribution in [3.05, 3.63) is 59.2 Å². The van der Waals surface area contributed by atoms with Crippen LogP contribution in [0.4, 0.5) is 0 Å². The molecule has 1 aliphatic carbocycles. The Hall–Kier alpha value is -2.09. The van der Waals surface area contributed by atoms with Crippen LogP contribution in [0.1, 0.15) is 70.6 Å². The molecule has 0 fully saturated rings. The van der Waals surface area contributed by atoms with E-state index in [0.717, 1.165) is 6.42 Å². The van der Waals surface area contributed by atoms with Crippen molar-refractivity contribution in [1.82, 2.24) is 0 Å². The summed E-state index contributed by atoms with van der Waals surface area (Å²) >= 11 is 0. The number of carbonyl (C=O) groups is 1. The average molecular weight is 365 g/mol. The highest BCUT2D eigenvalue weighted by Gasteiger charge is 2.36. The normalized spacial score (nSPS) is 17.2. The topological polar surface area (TPSA) is 26.3 Å². The zero-order chi connectivity index (χ0) is 19.7. The maximum atomic E-state index is 11.5. The molecule has 0 bridgehead atoms. The molecule has 0 N–H and O–H groups in total. The molecular weight excluding hydrogens is 332 g/mol. The fraction of sp³-hybridized carbons (Fsp3) is 0.480. The highest BCUT2D eigenvalue weighted by molar-refractivity contribution is 5.70. The molecule has 1 aliphatic rings. The minimum atomic E-state index is -0.124. The molecule has 0 spiro atoms. The molecule has 0 aromatic heterocycles. The second kappa shape index (κ2) is 7.50. The molecule has 0 saturated carbocycles. The van der Waals surface area contributed by atoms with Crippen LogP contribution in [-0.2, 0) is 26.8 Å². The van der Waals surface area contributed by atoms with Gasteiger partial charge in [-0.3, -0.25) is 4.79 Å². The second-order valence-electron chi connectivity index (χ2n) is 9.03. The van der Waals surface area contributed by atoms with E-state index in [4.69, 9.17) is 4.74 Å². The van der Waals surface area contributed by atoms with E-state index in [1.54, 1.807) is 0 Å². The Balaban J connectivity index is 1.82. The van der Waals surface area contributed by atoms with E-state index in [-0.39, 0.29) is 16.8 Å². The quantitative estimate of drug-likeness (QED) is 0.591. The summed E-state index contributed by atoms with van der Waals surface area (Å²) in [6, 6.07) is 15.6. The Morgan fingerprint density at radius 2 is 1.48 bits per heavy atom. The van der Waals surface area contributed by atoms with Crippen molar-refractivity contribution < 1.29 is 9.53 Å². The molecule has 0 heterocycles. The summed E-state index contributed by atoms with van der Waals surface area (Å²) in [6.45, 7) is 11.7. The van der Waals surface area contributed by atoms with Gasteiger partial charge in [0.2, 0.25) is 0 Å². The van der Waals surface area contributed by atoms with Crippen LogP contribution in [0.3, 0.4) is 0 Å². The molecule has 2 heteroatoms. The Bertz CT molecular complexity index is 813. The van der Waals surface area contributed by atoms with Crippen molar-refractivity contribution in [3.8, 4) is 11.1 Å². The molecule has 0 aliphatic heterocycles. The number of hydrogen-bond acceptors (Lipinski definition) is 2.